The molecule has 0 radical (unpaired) electrons. The number of anilines is 1. The molecule has 0 spiro atoms. The van der Waals surface area contributed by atoms with Crippen molar-refractivity contribution in [3.05, 3.63) is 95.1 Å². The highest BCUT2D eigenvalue weighted by atomic mass is 16.5. The Morgan fingerprint density at radius 2 is 1.58 bits per heavy atom. The molecule has 3 aromatic carbocycles. The van der Waals surface area contributed by atoms with E-state index in [0.29, 0.717) is 36.4 Å². The van der Waals surface area contributed by atoms with Crippen molar-refractivity contribution in [1.82, 2.24) is 4.90 Å². The van der Waals surface area contributed by atoms with E-state index in [9.17, 15) is 19.2 Å². The first-order chi connectivity index (χ1) is 17.4. The fourth-order valence-corrected chi connectivity index (χ4v) is 3.98. The van der Waals surface area contributed by atoms with Gasteiger partial charge in [-0.1, -0.05) is 42.5 Å². The van der Waals surface area contributed by atoms with Crippen LogP contribution < -0.4 is 10.1 Å². The number of carbonyl (C=O) groups excluding carboxylic acids is 3. The SMILES string of the molecule is O=C(O)CCCCOc1cccc(CC(=O)Nc2ccc3c(c2)C(=O)N(Cc2ccccc2)C3=O)c1. The topological polar surface area (TPSA) is 113 Å². The Bertz CT molecular complexity index is 1290. The first-order valence-electron chi connectivity index (χ1n) is 11.7. The number of unbranched alkanes of at least 4 members (excludes halogenated alkanes) is 1. The molecule has 3 aromatic rings. The Labute approximate surface area is 208 Å². The maximum atomic E-state index is 12.9. The number of hydrogen-bond acceptors (Lipinski definition) is 5. The number of fused-ring (bicyclic) bond motifs is 1. The lowest BCUT2D eigenvalue weighted by molar-refractivity contribution is -0.137. The Morgan fingerprint density at radius 1 is 0.833 bits per heavy atom. The Hall–Kier alpha value is -4.46. The normalized spacial score (nSPS) is 12.4. The fourth-order valence-electron chi connectivity index (χ4n) is 3.98. The summed E-state index contributed by atoms with van der Waals surface area (Å²) in [4.78, 5) is 50.0. The van der Waals surface area contributed by atoms with Gasteiger partial charge in [0, 0.05) is 12.1 Å². The zero-order valence-electron chi connectivity index (χ0n) is 19.6. The predicted octanol–water partition coefficient (Wildman–Crippen LogP) is 4.30. The lowest BCUT2D eigenvalue weighted by Crippen LogP contribution is -2.29. The third kappa shape index (κ3) is 6.15. The molecular formula is C28H26N2O6. The van der Waals surface area contributed by atoms with Gasteiger partial charge in [-0.3, -0.25) is 24.1 Å². The lowest BCUT2D eigenvalue weighted by Gasteiger charge is -2.13. The maximum absolute atomic E-state index is 12.9. The van der Waals surface area contributed by atoms with Crippen LogP contribution in [0.2, 0.25) is 0 Å². The molecule has 8 heteroatoms. The van der Waals surface area contributed by atoms with Crippen molar-refractivity contribution >= 4 is 29.4 Å². The number of carbonyl (C=O) groups is 4. The number of hydrogen-bond donors (Lipinski definition) is 2. The van der Waals surface area contributed by atoms with Crippen molar-refractivity contribution < 1.29 is 29.0 Å². The zero-order chi connectivity index (χ0) is 25.5. The van der Waals surface area contributed by atoms with E-state index in [4.69, 9.17) is 9.84 Å². The van der Waals surface area contributed by atoms with Gasteiger partial charge < -0.3 is 15.2 Å². The monoisotopic (exact) mass is 486 g/mol. The molecule has 0 aromatic heterocycles. The van der Waals surface area contributed by atoms with E-state index in [0.717, 1.165) is 11.1 Å². The van der Waals surface area contributed by atoms with Gasteiger partial charge in [0.25, 0.3) is 11.8 Å². The smallest absolute Gasteiger partial charge is 0.303 e. The van der Waals surface area contributed by atoms with Crippen LogP contribution >= 0.6 is 0 Å². The number of aliphatic carboxylic acids is 1. The molecule has 0 saturated heterocycles. The summed E-state index contributed by atoms with van der Waals surface area (Å²) in [6.45, 7) is 0.582. The Morgan fingerprint density at radius 3 is 2.36 bits per heavy atom. The van der Waals surface area contributed by atoms with Crippen LogP contribution in [0.25, 0.3) is 0 Å². The van der Waals surface area contributed by atoms with Crippen LogP contribution in [0, 0.1) is 0 Å². The highest BCUT2D eigenvalue weighted by Crippen LogP contribution is 2.27. The summed E-state index contributed by atoms with van der Waals surface area (Å²) in [6, 6.07) is 21.1. The summed E-state index contributed by atoms with van der Waals surface area (Å²) in [7, 11) is 0. The number of amides is 3. The van der Waals surface area contributed by atoms with Crippen LogP contribution in [-0.2, 0) is 22.6 Å². The van der Waals surface area contributed by atoms with Gasteiger partial charge in [0.05, 0.1) is 30.7 Å². The minimum Gasteiger partial charge on any atom is -0.494 e. The summed E-state index contributed by atoms with van der Waals surface area (Å²) in [5.41, 5.74) is 2.63. The summed E-state index contributed by atoms with van der Waals surface area (Å²) in [5.74, 6) is -1.23. The molecule has 2 N–H and O–H groups in total. The summed E-state index contributed by atoms with van der Waals surface area (Å²) in [6.07, 6.45) is 1.37. The third-order valence-corrected chi connectivity index (χ3v) is 5.75. The van der Waals surface area contributed by atoms with Gasteiger partial charge in [0.15, 0.2) is 0 Å². The minimum absolute atomic E-state index is 0.0975. The molecule has 1 aliphatic heterocycles. The van der Waals surface area contributed by atoms with E-state index in [-0.39, 0.29) is 42.7 Å². The number of rotatable bonds is 11. The van der Waals surface area contributed by atoms with Crippen molar-refractivity contribution in [3.63, 3.8) is 0 Å². The number of carboxylic acids is 1. The molecule has 0 aliphatic carbocycles. The van der Waals surface area contributed by atoms with Crippen LogP contribution in [0.3, 0.4) is 0 Å². The number of carboxylic acid groups (broad SMARTS) is 1. The molecule has 0 fully saturated rings. The van der Waals surface area contributed by atoms with E-state index in [1.165, 1.54) is 11.0 Å². The first-order valence-corrected chi connectivity index (χ1v) is 11.7. The largest absolute Gasteiger partial charge is 0.494 e. The van der Waals surface area contributed by atoms with Crippen LogP contribution in [0.5, 0.6) is 5.75 Å². The number of nitrogens with one attached hydrogen (secondary N) is 1. The molecule has 3 amide bonds. The van der Waals surface area contributed by atoms with Crippen molar-refractivity contribution in [3.8, 4) is 5.75 Å². The quantitative estimate of drug-likeness (QED) is 0.309. The molecular weight excluding hydrogens is 460 g/mol. The van der Waals surface area contributed by atoms with Crippen LogP contribution in [-0.4, -0.2) is 40.3 Å². The summed E-state index contributed by atoms with van der Waals surface area (Å²) < 4.78 is 5.65. The van der Waals surface area contributed by atoms with Gasteiger partial charge in [-0.15, -0.1) is 0 Å². The molecule has 1 aliphatic rings. The Kier molecular flexibility index (Phi) is 7.75. The van der Waals surface area contributed by atoms with Gasteiger partial charge in [0.1, 0.15) is 5.75 Å². The molecule has 184 valence electrons. The van der Waals surface area contributed by atoms with E-state index < -0.39 is 5.97 Å². The summed E-state index contributed by atoms with van der Waals surface area (Å²) >= 11 is 0. The molecule has 0 bridgehead atoms. The van der Waals surface area contributed by atoms with E-state index >= 15 is 0 Å². The first kappa shape index (κ1) is 24.7. The fraction of sp³-hybridized carbons (Fsp3) is 0.214. The van der Waals surface area contributed by atoms with Gasteiger partial charge in [-0.05, 0) is 54.3 Å². The van der Waals surface area contributed by atoms with Gasteiger partial charge in [-0.25, -0.2) is 0 Å². The second kappa shape index (κ2) is 11.3. The highest BCUT2D eigenvalue weighted by molar-refractivity contribution is 6.21. The highest BCUT2D eigenvalue weighted by Gasteiger charge is 2.35. The van der Waals surface area contributed by atoms with Gasteiger partial charge >= 0.3 is 5.97 Å². The molecule has 1 heterocycles. The Balaban J connectivity index is 1.34. The predicted molar refractivity (Wildman–Crippen MR) is 133 cm³/mol. The maximum Gasteiger partial charge on any atom is 0.303 e. The van der Waals surface area contributed by atoms with Crippen molar-refractivity contribution in [2.45, 2.75) is 32.2 Å². The van der Waals surface area contributed by atoms with Gasteiger partial charge in [0.2, 0.25) is 5.91 Å². The second-order valence-corrected chi connectivity index (χ2v) is 8.51. The van der Waals surface area contributed by atoms with E-state index in [1.54, 1.807) is 30.3 Å². The number of imide groups is 1. The molecule has 36 heavy (non-hydrogen) atoms. The van der Waals surface area contributed by atoms with Crippen molar-refractivity contribution in [2.75, 3.05) is 11.9 Å². The summed E-state index contributed by atoms with van der Waals surface area (Å²) in [5, 5.41) is 11.5. The number of ether oxygens (including phenoxy) is 1. The standard InChI is InChI=1S/C28H26N2O6/c31-25(16-20-9-6-10-22(15-20)36-14-5-4-11-26(32)33)29-21-12-13-23-24(17-21)28(35)30(27(23)34)18-19-7-2-1-3-8-19/h1-3,6-10,12-13,15,17H,4-5,11,14,16,18H2,(H,29,31)(H,32,33). The molecule has 8 nitrogen and oxygen atoms in total. The average Bonchev–Trinajstić information content (AvgIpc) is 3.09. The third-order valence-electron chi connectivity index (χ3n) is 5.75. The van der Waals surface area contributed by atoms with Crippen LogP contribution in [0.4, 0.5) is 5.69 Å². The van der Waals surface area contributed by atoms with Crippen LogP contribution in [0.1, 0.15) is 51.1 Å². The van der Waals surface area contributed by atoms with Crippen LogP contribution in [0.15, 0.2) is 72.8 Å². The van der Waals surface area contributed by atoms with Gasteiger partial charge in [-0.2, -0.15) is 0 Å². The number of benzene rings is 3. The minimum atomic E-state index is -0.827. The second-order valence-electron chi connectivity index (χ2n) is 8.51. The number of nitrogens with zero attached hydrogens (tertiary/aromatic N) is 1. The van der Waals surface area contributed by atoms with E-state index in [1.807, 2.05) is 36.4 Å². The lowest BCUT2D eigenvalue weighted by atomic mass is 10.1. The van der Waals surface area contributed by atoms with Crippen molar-refractivity contribution in [2.24, 2.45) is 0 Å². The zero-order valence-corrected chi connectivity index (χ0v) is 19.6. The van der Waals surface area contributed by atoms with Crippen molar-refractivity contribution in [1.29, 1.82) is 0 Å². The van der Waals surface area contributed by atoms with E-state index in [2.05, 4.69) is 5.32 Å². The average molecular weight is 487 g/mol. The molecule has 0 unspecified atom stereocenters. The molecule has 4 rings (SSSR count). The molecule has 0 saturated carbocycles. The molecule has 0 atom stereocenters.